The van der Waals surface area contributed by atoms with Crippen molar-refractivity contribution < 1.29 is 5.11 Å². The van der Waals surface area contributed by atoms with Gasteiger partial charge in [0.1, 0.15) is 0 Å². The third-order valence-corrected chi connectivity index (χ3v) is 3.13. The Kier molecular flexibility index (Phi) is 6.90. The Bertz CT molecular complexity index is 105. The molecule has 2 nitrogen and oxygen atoms in total. The molecule has 0 rings (SSSR count). The molecule has 0 aliphatic rings. The Hall–Kier alpha value is 0.270. The van der Waals surface area contributed by atoms with Crippen molar-refractivity contribution in [2.45, 2.75) is 26.7 Å². The van der Waals surface area contributed by atoms with Gasteiger partial charge in [0.15, 0.2) is 0 Å². The van der Waals surface area contributed by atoms with E-state index in [1.54, 1.807) is 0 Å². The molecule has 1 unspecified atom stereocenters. The molecule has 12 heavy (non-hydrogen) atoms. The predicted octanol–water partition coefficient (Wildman–Crippen LogP) is 1.48. The number of hydrogen-bond donors (Lipinski definition) is 2. The first-order valence-corrected chi connectivity index (χ1v) is 5.72. The number of rotatable bonds is 7. The van der Waals surface area contributed by atoms with Gasteiger partial charge in [0.2, 0.25) is 0 Å². The van der Waals surface area contributed by atoms with Crippen LogP contribution in [-0.4, -0.2) is 29.8 Å². The van der Waals surface area contributed by atoms with Crippen molar-refractivity contribution in [3.8, 4) is 0 Å². The lowest BCUT2D eigenvalue weighted by atomic mass is 9.87. The average molecular weight is 191 g/mol. The normalized spacial score (nSPS) is 16.0. The van der Waals surface area contributed by atoms with Gasteiger partial charge in [-0.15, -0.1) is 0 Å². The second kappa shape index (κ2) is 6.75. The molecule has 0 amide bonds. The molecule has 3 N–H and O–H groups in total. The molecule has 0 bridgehead atoms. The minimum absolute atomic E-state index is 0.0473. The van der Waals surface area contributed by atoms with Crippen molar-refractivity contribution in [2.75, 3.05) is 24.7 Å². The van der Waals surface area contributed by atoms with E-state index in [2.05, 4.69) is 6.92 Å². The summed E-state index contributed by atoms with van der Waals surface area (Å²) < 4.78 is 0. The average Bonchev–Trinajstić information content (AvgIpc) is 2.12. The summed E-state index contributed by atoms with van der Waals surface area (Å²) in [5.74, 6) is 2.37. The third-order valence-electron chi connectivity index (χ3n) is 2.15. The number of hydrogen-bond acceptors (Lipinski definition) is 3. The molecule has 0 aromatic heterocycles. The van der Waals surface area contributed by atoms with Gasteiger partial charge in [0.05, 0.1) is 0 Å². The highest BCUT2D eigenvalue weighted by molar-refractivity contribution is 7.99. The van der Waals surface area contributed by atoms with Crippen LogP contribution in [0.15, 0.2) is 0 Å². The van der Waals surface area contributed by atoms with Crippen molar-refractivity contribution in [3.05, 3.63) is 0 Å². The largest absolute Gasteiger partial charge is 0.396 e. The smallest absolute Gasteiger partial charge is 0.0496 e. The zero-order valence-corrected chi connectivity index (χ0v) is 8.99. The minimum Gasteiger partial charge on any atom is -0.396 e. The summed E-state index contributed by atoms with van der Waals surface area (Å²) in [7, 11) is 0. The van der Waals surface area contributed by atoms with Crippen LogP contribution in [0.3, 0.4) is 0 Å². The molecule has 0 fully saturated rings. The van der Waals surface area contributed by atoms with Gasteiger partial charge in [-0.1, -0.05) is 13.8 Å². The van der Waals surface area contributed by atoms with Crippen LogP contribution in [0.1, 0.15) is 26.7 Å². The number of thioether (sulfide) groups is 1. The van der Waals surface area contributed by atoms with E-state index in [0.717, 1.165) is 12.8 Å². The van der Waals surface area contributed by atoms with E-state index in [1.165, 1.54) is 11.5 Å². The Morgan fingerprint density at radius 1 is 1.50 bits per heavy atom. The fraction of sp³-hybridized carbons (Fsp3) is 1.00. The molecule has 0 saturated heterocycles. The summed E-state index contributed by atoms with van der Waals surface area (Å²) in [6, 6.07) is 0. The summed E-state index contributed by atoms with van der Waals surface area (Å²) >= 11 is 1.95. The topological polar surface area (TPSA) is 46.2 Å². The molecule has 3 heteroatoms. The van der Waals surface area contributed by atoms with Crippen molar-refractivity contribution in [3.63, 3.8) is 0 Å². The quantitative estimate of drug-likeness (QED) is 0.599. The van der Waals surface area contributed by atoms with Gasteiger partial charge in [-0.3, -0.25) is 0 Å². The van der Waals surface area contributed by atoms with E-state index < -0.39 is 0 Å². The highest BCUT2D eigenvalue weighted by Crippen LogP contribution is 2.21. The summed E-state index contributed by atoms with van der Waals surface area (Å²) in [5.41, 5.74) is 5.52. The standard InChI is InChI=1S/C9H21NOS/c1-3-12-6-4-5-9(2,7-10)8-11/h11H,3-8,10H2,1-2H3. The van der Waals surface area contributed by atoms with Crippen molar-refractivity contribution in [1.82, 2.24) is 0 Å². The van der Waals surface area contributed by atoms with E-state index in [9.17, 15) is 0 Å². The van der Waals surface area contributed by atoms with Crippen LogP contribution in [0.5, 0.6) is 0 Å². The highest BCUT2D eigenvalue weighted by Gasteiger charge is 2.20. The predicted molar refractivity (Wildman–Crippen MR) is 56.5 cm³/mol. The second-order valence-electron chi connectivity index (χ2n) is 3.47. The number of aliphatic hydroxyl groups excluding tert-OH is 1. The monoisotopic (exact) mass is 191 g/mol. The molecule has 0 saturated carbocycles. The summed E-state index contributed by atoms with van der Waals surface area (Å²) in [6.45, 7) is 5.00. The molecule has 1 atom stereocenters. The molecule has 0 aromatic rings. The Morgan fingerprint density at radius 3 is 2.58 bits per heavy atom. The van der Waals surface area contributed by atoms with Gasteiger partial charge < -0.3 is 10.8 Å². The third kappa shape index (κ3) is 5.01. The summed E-state index contributed by atoms with van der Waals surface area (Å²) in [5, 5.41) is 9.06. The van der Waals surface area contributed by atoms with E-state index >= 15 is 0 Å². The van der Waals surface area contributed by atoms with Crippen molar-refractivity contribution >= 4 is 11.8 Å². The van der Waals surface area contributed by atoms with E-state index in [4.69, 9.17) is 10.8 Å². The number of nitrogens with two attached hydrogens (primary N) is 1. The SMILES string of the molecule is CCSCCCC(C)(CN)CO. The van der Waals surface area contributed by atoms with Gasteiger partial charge in [0.25, 0.3) is 0 Å². The molecule has 0 heterocycles. The zero-order valence-electron chi connectivity index (χ0n) is 8.18. The van der Waals surface area contributed by atoms with Crippen molar-refractivity contribution in [2.24, 2.45) is 11.1 Å². The van der Waals surface area contributed by atoms with Crippen molar-refractivity contribution in [1.29, 1.82) is 0 Å². The zero-order chi connectivity index (χ0) is 9.45. The fourth-order valence-corrected chi connectivity index (χ4v) is 1.63. The molecule has 0 aromatic carbocycles. The maximum atomic E-state index is 9.06. The molecular formula is C9H21NOS. The lowest BCUT2D eigenvalue weighted by Gasteiger charge is -2.24. The maximum Gasteiger partial charge on any atom is 0.0496 e. The highest BCUT2D eigenvalue weighted by atomic mass is 32.2. The molecule has 74 valence electrons. The van der Waals surface area contributed by atoms with Crippen LogP contribution in [-0.2, 0) is 0 Å². The Labute approximate surface area is 79.9 Å². The molecular weight excluding hydrogens is 170 g/mol. The lowest BCUT2D eigenvalue weighted by molar-refractivity contribution is 0.139. The van der Waals surface area contributed by atoms with Crippen LogP contribution in [0, 0.1) is 5.41 Å². The van der Waals surface area contributed by atoms with E-state index in [-0.39, 0.29) is 12.0 Å². The number of aliphatic hydroxyl groups is 1. The maximum absolute atomic E-state index is 9.06. The fourth-order valence-electron chi connectivity index (χ4n) is 0.991. The van der Waals surface area contributed by atoms with Crippen LogP contribution >= 0.6 is 11.8 Å². The first-order valence-electron chi connectivity index (χ1n) is 4.57. The molecule has 0 aliphatic heterocycles. The van der Waals surface area contributed by atoms with Gasteiger partial charge in [-0.05, 0) is 30.9 Å². The summed E-state index contributed by atoms with van der Waals surface area (Å²) in [6.07, 6.45) is 2.19. The van der Waals surface area contributed by atoms with Gasteiger partial charge >= 0.3 is 0 Å². The van der Waals surface area contributed by atoms with Crippen LogP contribution in [0.25, 0.3) is 0 Å². The molecule has 0 aliphatic carbocycles. The van der Waals surface area contributed by atoms with Crippen LogP contribution in [0.4, 0.5) is 0 Å². The first-order chi connectivity index (χ1) is 5.68. The van der Waals surface area contributed by atoms with Crippen LogP contribution < -0.4 is 5.73 Å². The van der Waals surface area contributed by atoms with Gasteiger partial charge in [-0.2, -0.15) is 11.8 Å². The second-order valence-corrected chi connectivity index (χ2v) is 4.87. The van der Waals surface area contributed by atoms with E-state index in [1.807, 2.05) is 18.7 Å². The minimum atomic E-state index is -0.0473. The lowest BCUT2D eigenvalue weighted by Crippen LogP contribution is -2.31. The first kappa shape index (κ1) is 12.3. The Morgan fingerprint density at radius 2 is 2.17 bits per heavy atom. The van der Waals surface area contributed by atoms with Gasteiger partial charge in [-0.25, -0.2) is 0 Å². The van der Waals surface area contributed by atoms with Gasteiger partial charge in [0, 0.05) is 12.0 Å². The molecule has 0 spiro atoms. The Balaban J connectivity index is 3.45. The van der Waals surface area contributed by atoms with Crippen LogP contribution in [0.2, 0.25) is 0 Å². The van der Waals surface area contributed by atoms with E-state index in [0.29, 0.717) is 6.54 Å². The molecule has 0 radical (unpaired) electrons. The summed E-state index contributed by atoms with van der Waals surface area (Å²) in [4.78, 5) is 0.